The van der Waals surface area contributed by atoms with Crippen molar-refractivity contribution in [1.29, 1.82) is 0 Å². The lowest BCUT2D eigenvalue weighted by Gasteiger charge is -2.17. The van der Waals surface area contributed by atoms with Gasteiger partial charge in [0.15, 0.2) is 0 Å². The lowest BCUT2D eigenvalue weighted by atomic mass is 9.88. The van der Waals surface area contributed by atoms with E-state index in [0.717, 1.165) is 40.1 Å². The third-order valence-electron chi connectivity index (χ3n) is 4.85. The Kier molecular flexibility index (Phi) is 8.06. The van der Waals surface area contributed by atoms with Crippen molar-refractivity contribution in [2.45, 2.75) is 6.42 Å². The van der Waals surface area contributed by atoms with Gasteiger partial charge in [-0.05, 0) is 72.6 Å². The Morgan fingerprint density at radius 1 is 0.833 bits per heavy atom. The largest absolute Gasteiger partial charge is 0.492 e. The Labute approximate surface area is 183 Å². The number of hydrogen-bond donors (Lipinski definition) is 0. The van der Waals surface area contributed by atoms with Crippen molar-refractivity contribution >= 4 is 22.7 Å². The molecule has 156 valence electrons. The number of likely N-dealkylation sites (N-methyl/N-ethyl adjacent to an activating group) is 1. The van der Waals surface area contributed by atoms with Gasteiger partial charge < -0.3 is 9.64 Å². The summed E-state index contributed by atoms with van der Waals surface area (Å²) in [5.41, 5.74) is 5.34. The summed E-state index contributed by atoms with van der Waals surface area (Å²) in [4.78, 5) is 2.09. The lowest BCUT2D eigenvalue weighted by molar-refractivity contribution is 0.261. The summed E-state index contributed by atoms with van der Waals surface area (Å²) in [6.45, 7) is 1.50. The van der Waals surface area contributed by atoms with Crippen LogP contribution >= 0.6 is 11.6 Å². The highest BCUT2D eigenvalue weighted by Crippen LogP contribution is 2.35. The van der Waals surface area contributed by atoms with Crippen molar-refractivity contribution < 1.29 is 9.13 Å². The first-order valence-corrected chi connectivity index (χ1v) is 10.6. The zero-order valence-electron chi connectivity index (χ0n) is 17.4. The van der Waals surface area contributed by atoms with Gasteiger partial charge in [-0.1, -0.05) is 54.6 Å². The summed E-state index contributed by atoms with van der Waals surface area (Å²) in [7, 11) is 4.05. The average molecular weight is 424 g/mol. The molecule has 0 heterocycles. The van der Waals surface area contributed by atoms with E-state index in [-0.39, 0.29) is 5.82 Å². The van der Waals surface area contributed by atoms with Crippen LogP contribution in [0.15, 0.2) is 78.9 Å². The van der Waals surface area contributed by atoms with E-state index >= 15 is 0 Å². The molecular weight excluding hydrogens is 397 g/mol. The zero-order chi connectivity index (χ0) is 21.3. The first-order chi connectivity index (χ1) is 14.6. The molecule has 3 rings (SSSR count). The van der Waals surface area contributed by atoms with E-state index in [1.165, 1.54) is 12.1 Å². The number of hydrogen-bond acceptors (Lipinski definition) is 2. The summed E-state index contributed by atoms with van der Waals surface area (Å²) in [5.74, 6) is 1.08. The van der Waals surface area contributed by atoms with Crippen LogP contribution in [0.2, 0.25) is 0 Å². The Balaban J connectivity index is 2.04. The molecule has 0 aliphatic carbocycles. The van der Waals surface area contributed by atoms with E-state index in [4.69, 9.17) is 16.3 Å². The van der Waals surface area contributed by atoms with Crippen molar-refractivity contribution in [3.05, 3.63) is 101 Å². The second-order valence-electron chi connectivity index (χ2n) is 7.34. The Hall–Kier alpha value is -2.62. The Morgan fingerprint density at radius 2 is 1.43 bits per heavy atom. The third-order valence-corrected chi connectivity index (χ3v) is 5.04. The van der Waals surface area contributed by atoms with Gasteiger partial charge in [0.2, 0.25) is 0 Å². The van der Waals surface area contributed by atoms with Crippen LogP contribution in [-0.2, 0) is 0 Å². The zero-order valence-corrected chi connectivity index (χ0v) is 18.2. The number of benzene rings is 3. The molecule has 3 aromatic rings. The SMILES string of the molecule is CN(C)CCOc1ccc(/C(=C(\CCCl)c2ccc(F)cc2)c2ccccc2)cc1. The molecule has 0 aromatic heterocycles. The van der Waals surface area contributed by atoms with Gasteiger partial charge in [0.1, 0.15) is 18.2 Å². The fourth-order valence-corrected chi connectivity index (χ4v) is 3.53. The summed E-state index contributed by atoms with van der Waals surface area (Å²) >= 11 is 6.17. The molecule has 0 aliphatic rings. The van der Waals surface area contributed by atoms with Gasteiger partial charge in [-0.2, -0.15) is 0 Å². The Morgan fingerprint density at radius 3 is 2.03 bits per heavy atom. The number of alkyl halides is 1. The molecule has 0 aliphatic heterocycles. The van der Waals surface area contributed by atoms with E-state index in [1.807, 2.05) is 56.6 Å². The number of ether oxygens (including phenoxy) is 1. The minimum Gasteiger partial charge on any atom is -0.492 e. The highest BCUT2D eigenvalue weighted by atomic mass is 35.5. The molecule has 0 N–H and O–H groups in total. The van der Waals surface area contributed by atoms with Gasteiger partial charge in [0.05, 0.1) is 0 Å². The molecule has 0 saturated carbocycles. The Bertz CT molecular complexity index is 951. The van der Waals surface area contributed by atoms with Crippen molar-refractivity contribution in [2.24, 2.45) is 0 Å². The van der Waals surface area contributed by atoms with Crippen LogP contribution in [0.4, 0.5) is 4.39 Å². The molecule has 0 amide bonds. The van der Waals surface area contributed by atoms with Crippen LogP contribution in [-0.4, -0.2) is 38.0 Å². The van der Waals surface area contributed by atoms with E-state index in [1.54, 1.807) is 0 Å². The molecule has 0 fully saturated rings. The second-order valence-corrected chi connectivity index (χ2v) is 7.72. The topological polar surface area (TPSA) is 12.5 Å². The van der Waals surface area contributed by atoms with Crippen LogP contribution in [0.25, 0.3) is 11.1 Å². The van der Waals surface area contributed by atoms with Gasteiger partial charge in [0.25, 0.3) is 0 Å². The molecule has 30 heavy (non-hydrogen) atoms. The molecule has 0 saturated heterocycles. The first kappa shape index (κ1) is 22.1. The minimum atomic E-state index is -0.246. The van der Waals surface area contributed by atoms with Crippen LogP contribution in [0.3, 0.4) is 0 Å². The summed E-state index contributed by atoms with van der Waals surface area (Å²) in [6, 6.07) is 25.0. The second kappa shape index (κ2) is 11.0. The fourth-order valence-electron chi connectivity index (χ4n) is 3.34. The average Bonchev–Trinajstić information content (AvgIpc) is 2.76. The first-order valence-electron chi connectivity index (χ1n) is 10.1. The van der Waals surface area contributed by atoms with Gasteiger partial charge in [0, 0.05) is 12.4 Å². The summed E-state index contributed by atoms with van der Waals surface area (Å²) < 4.78 is 19.4. The summed E-state index contributed by atoms with van der Waals surface area (Å²) in [5, 5.41) is 0. The number of rotatable bonds is 9. The minimum absolute atomic E-state index is 0.246. The predicted molar refractivity (Wildman–Crippen MR) is 125 cm³/mol. The third kappa shape index (κ3) is 5.94. The number of allylic oxidation sites excluding steroid dienone is 1. The highest BCUT2D eigenvalue weighted by Gasteiger charge is 2.14. The van der Waals surface area contributed by atoms with Gasteiger partial charge in [-0.3, -0.25) is 0 Å². The normalized spacial score (nSPS) is 12.0. The monoisotopic (exact) mass is 423 g/mol. The van der Waals surface area contributed by atoms with E-state index < -0.39 is 0 Å². The highest BCUT2D eigenvalue weighted by molar-refractivity contribution is 6.18. The fraction of sp³-hybridized carbons (Fsp3) is 0.231. The van der Waals surface area contributed by atoms with Gasteiger partial charge in [-0.25, -0.2) is 4.39 Å². The van der Waals surface area contributed by atoms with E-state index in [0.29, 0.717) is 18.9 Å². The molecule has 4 heteroatoms. The van der Waals surface area contributed by atoms with Gasteiger partial charge >= 0.3 is 0 Å². The van der Waals surface area contributed by atoms with E-state index in [2.05, 4.69) is 29.2 Å². The number of halogens is 2. The molecule has 0 spiro atoms. The standard InChI is InChI=1S/C26H27ClFNO/c1-29(2)18-19-30-24-14-10-22(11-15-24)26(21-6-4-3-5-7-21)25(16-17-27)20-8-12-23(28)13-9-20/h3-15H,16-19H2,1-2H3/b26-25+. The smallest absolute Gasteiger partial charge is 0.123 e. The lowest BCUT2D eigenvalue weighted by Crippen LogP contribution is -2.19. The van der Waals surface area contributed by atoms with Crippen LogP contribution in [0, 0.1) is 5.82 Å². The molecule has 0 bridgehead atoms. The van der Waals surface area contributed by atoms with Crippen LogP contribution in [0.5, 0.6) is 5.75 Å². The van der Waals surface area contributed by atoms with Crippen molar-refractivity contribution in [2.75, 3.05) is 33.1 Å². The maximum absolute atomic E-state index is 13.5. The number of nitrogens with zero attached hydrogens (tertiary/aromatic N) is 1. The molecule has 3 aromatic carbocycles. The van der Waals surface area contributed by atoms with Crippen LogP contribution < -0.4 is 4.74 Å². The van der Waals surface area contributed by atoms with E-state index in [9.17, 15) is 4.39 Å². The van der Waals surface area contributed by atoms with Gasteiger partial charge in [-0.15, -0.1) is 11.6 Å². The van der Waals surface area contributed by atoms with Crippen LogP contribution in [0.1, 0.15) is 23.1 Å². The molecule has 0 unspecified atom stereocenters. The molecule has 0 radical (unpaired) electrons. The predicted octanol–water partition coefficient (Wildman–Crippen LogP) is 6.35. The van der Waals surface area contributed by atoms with Crippen molar-refractivity contribution in [1.82, 2.24) is 4.90 Å². The maximum atomic E-state index is 13.5. The summed E-state index contributed by atoms with van der Waals surface area (Å²) in [6.07, 6.45) is 0.679. The molecular formula is C26H27ClFNO. The molecule has 0 atom stereocenters. The van der Waals surface area contributed by atoms with Crippen molar-refractivity contribution in [3.8, 4) is 5.75 Å². The van der Waals surface area contributed by atoms with Crippen molar-refractivity contribution in [3.63, 3.8) is 0 Å². The maximum Gasteiger partial charge on any atom is 0.123 e. The quantitative estimate of drug-likeness (QED) is 0.293. The molecule has 2 nitrogen and oxygen atoms in total.